The van der Waals surface area contributed by atoms with Crippen molar-refractivity contribution >= 4 is 5.91 Å². The zero-order valence-electron chi connectivity index (χ0n) is 10.1. The molecule has 0 aliphatic heterocycles. The third-order valence-electron chi connectivity index (χ3n) is 3.10. The molecule has 3 N–H and O–H groups in total. The Morgan fingerprint density at radius 2 is 2.12 bits per heavy atom. The van der Waals surface area contributed by atoms with Crippen LogP contribution in [0.15, 0.2) is 23.1 Å². The highest BCUT2D eigenvalue weighted by atomic mass is 16.3. The lowest BCUT2D eigenvalue weighted by atomic mass is 9.93. The van der Waals surface area contributed by atoms with Gasteiger partial charge in [-0.2, -0.15) is 0 Å². The molecule has 5 nitrogen and oxygen atoms in total. The van der Waals surface area contributed by atoms with Gasteiger partial charge in [-0.05, 0) is 25.0 Å². The van der Waals surface area contributed by atoms with Gasteiger partial charge in [0.1, 0.15) is 5.56 Å². The summed E-state index contributed by atoms with van der Waals surface area (Å²) < 4.78 is 0. The first kappa shape index (κ1) is 13.4. The van der Waals surface area contributed by atoms with Crippen molar-refractivity contribution in [3.63, 3.8) is 0 Å². The summed E-state index contributed by atoms with van der Waals surface area (Å²) in [5, 5.41) is 12.1. The Labute approximate surface area is 99.9 Å². The Hall–Kier alpha value is -1.62. The second-order valence-corrected chi connectivity index (χ2v) is 4.01. The maximum atomic E-state index is 11.9. The van der Waals surface area contributed by atoms with Gasteiger partial charge in [0.15, 0.2) is 0 Å². The number of carbonyl (C=O) groups excluding carboxylic acids is 1. The minimum absolute atomic E-state index is 0.0622. The number of nitrogens with one attached hydrogen (secondary N) is 2. The lowest BCUT2D eigenvalue weighted by molar-refractivity contribution is 0.0816. The van der Waals surface area contributed by atoms with E-state index in [0.717, 1.165) is 0 Å². The topological polar surface area (TPSA) is 82.2 Å². The monoisotopic (exact) mass is 238 g/mol. The molecule has 0 aliphatic rings. The fourth-order valence-electron chi connectivity index (χ4n) is 1.60. The molecule has 94 valence electrons. The van der Waals surface area contributed by atoms with Gasteiger partial charge in [-0.1, -0.05) is 13.8 Å². The average molecular weight is 238 g/mol. The Balaban J connectivity index is 2.93. The van der Waals surface area contributed by atoms with E-state index in [9.17, 15) is 14.7 Å². The maximum absolute atomic E-state index is 11.9. The van der Waals surface area contributed by atoms with E-state index in [0.29, 0.717) is 12.8 Å². The zero-order chi connectivity index (χ0) is 12.9. The van der Waals surface area contributed by atoms with Gasteiger partial charge in [0.05, 0.1) is 12.1 Å². The summed E-state index contributed by atoms with van der Waals surface area (Å²) in [7, 11) is 0. The molecule has 0 bridgehead atoms. The van der Waals surface area contributed by atoms with Crippen LogP contribution in [0.5, 0.6) is 0 Å². The van der Waals surface area contributed by atoms with E-state index < -0.39 is 17.0 Å². The highest BCUT2D eigenvalue weighted by molar-refractivity contribution is 5.94. The summed E-state index contributed by atoms with van der Waals surface area (Å²) in [4.78, 5) is 25.8. The predicted octanol–water partition coefficient (Wildman–Crippen LogP) is 0.656. The van der Waals surface area contributed by atoms with Crippen molar-refractivity contribution in [3.8, 4) is 0 Å². The number of aromatic nitrogens is 1. The summed E-state index contributed by atoms with van der Waals surface area (Å²) in [5.41, 5.74) is -1.02. The van der Waals surface area contributed by atoms with Crippen molar-refractivity contribution in [1.82, 2.24) is 10.3 Å². The number of pyridine rings is 1. The smallest absolute Gasteiger partial charge is 0.260 e. The summed E-state index contributed by atoms with van der Waals surface area (Å²) in [5.74, 6) is -0.454. The van der Waals surface area contributed by atoms with Crippen LogP contribution in [0.25, 0.3) is 0 Å². The van der Waals surface area contributed by atoms with Gasteiger partial charge in [0.25, 0.3) is 11.5 Å². The van der Waals surface area contributed by atoms with Gasteiger partial charge in [-0.3, -0.25) is 9.59 Å². The van der Waals surface area contributed by atoms with Gasteiger partial charge in [0, 0.05) is 6.20 Å². The maximum Gasteiger partial charge on any atom is 0.260 e. The molecule has 0 saturated carbocycles. The molecule has 0 atom stereocenters. The molecule has 1 aromatic heterocycles. The molecular formula is C12H18N2O3. The molecule has 0 fully saturated rings. The van der Waals surface area contributed by atoms with Crippen LogP contribution in [0.3, 0.4) is 0 Å². The number of carbonyl (C=O) groups is 1. The van der Waals surface area contributed by atoms with Crippen molar-refractivity contribution < 1.29 is 9.90 Å². The van der Waals surface area contributed by atoms with Crippen LogP contribution in [0.2, 0.25) is 0 Å². The minimum Gasteiger partial charge on any atom is -0.394 e. The number of amides is 1. The van der Waals surface area contributed by atoms with Gasteiger partial charge in [0.2, 0.25) is 0 Å². The fraction of sp³-hybridized carbons (Fsp3) is 0.500. The van der Waals surface area contributed by atoms with Crippen molar-refractivity contribution in [2.24, 2.45) is 0 Å². The molecule has 1 heterocycles. The van der Waals surface area contributed by atoms with Crippen molar-refractivity contribution in [2.45, 2.75) is 32.2 Å². The van der Waals surface area contributed by atoms with Crippen LogP contribution >= 0.6 is 0 Å². The van der Waals surface area contributed by atoms with E-state index >= 15 is 0 Å². The van der Waals surface area contributed by atoms with Crippen LogP contribution in [0.1, 0.15) is 37.0 Å². The standard InChI is InChI=1S/C12H18N2O3/c1-3-12(4-2,8-15)14-11(17)9-6-5-7-13-10(9)16/h5-7,15H,3-4,8H2,1-2H3,(H,13,16)(H,14,17). The van der Waals surface area contributed by atoms with E-state index in [-0.39, 0.29) is 12.2 Å². The minimum atomic E-state index is -0.653. The third-order valence-corrected chi connectivity index (χ3v) is 3.10. The Morgan fingerprint density at radius 1 is 1.47 bits per heavy atom. The van der Waals surface area contributed by atoms with Crippen molar-refractivity contribution in [3.05, 3.63) is 34.2 Å². The number of aromatic amines is 1. The quantitative estimate of drug-likeness (QED) is 0.704. The first-order valence-electron chi connectivity index (χ1n) is 5.69. The first-order chi connectivity index (χ1) is 8.08. The highest BCUT2D eigenvalue weighted by Crippen LogP contribution is 2.14. The number of aliphatic hydroxyl groups excluding tert-OH is 1. The molecule has 0 unspecified atom stereocenters. The largest absolute Gasteiger partial charge is 0.394 e. The predicted molar refractivity (Wildman–Crippen MR) is 64.9 cm³/mol. The number of aliphatic hydroxyl groups is 1. The molecule has 5 heteroatoms. The van der Waals surface area contributed by atoms with E-state index in [1.165, 1.54) is 12.3 Å². The molecule has 1 rings (SSSR count). The van der Waals surface area contributed by atoms with E-state index in [1.807, 2.05) is 13.8 Å². The second-order valence-electron chi connectivity index (χ2n) is 4.01. The lowest BCUT2D eigenvalue weighted by Gasteiger charge is -2.30. The van der Waals surface area contributed by atoms with Crippen LogP contribution in [0.4, 0.5) is 0 Å². The number of hydrogen-bond donors (Lipinski definition) is 3. The Bertz CT molecular complexity index is 427. The molecular weight excluding hydrogens is 220 g/mol. The van der Waals surface area contributed by atoms with E-state index in [1.54, 1.807) is 6.07 Å². The molecule has 0 aromatic carbocycles. The zero-order valence-corrected chi connectivity index (χ0v) is 10.1. The second kappa shape index (κ2) is 5.63. The van der Waals surface area contributed by atoms with Gasteiger partial charge in [-0.25, -0.2) is 0 Å². The molecule has 17 heavy (non-hydrogen) atoms. The normalized spacial score (nSPS) is 11.2. The number of H-pyrrole nitrogens is 1. The summed E-state index contributed by atoms with van der Waals surface area (Å²) in [6.45, 7) is 3.63. The Kier molecular flexibility index (Phi) is 4.45. The summed E-state index contributed by atoms with van der Waals surface area (Å²) >= 11 is 0. The molecule has 1 aromatic rings. The average Bonchev–Trinajstić information content (AvgIpc) is 2.36. The van der Waals surface area contributed by atoms with Gasteiger partial charge >= 0.3 is 0 Å². The van der Waals surface area contributed by atoms with Crippen LogP contribution in [-0.4, -0.2) is 28.1 Å². The summed E-state index contributed by atoms with van der Waals surface area (Å²) in [6, 6.07) is 3.05. The van der Waals surface area contributed by atoms with E-state index in [2.05, 4.69) is 10.3 Å². The summed E-state index contributed by atoms with van der Waals surface area (Å²) in [6.07, 6.45) is 2.69. The molecule has 0 radical (unpaired) electrons. The number of hydrogen-bond acceptors (Lipinski definition) is 3. The van der Waals surface area contributed by atoms with E-state index in [4.69, 9.17) is 0 Å². The van der Waals surface area contributed by atoms with Crippen LogP contribution in [-0.2, 0) is 0 Å². The first-order valence-corrected chi connectivity index (χ1v) is 5.69. The number of rotatable bonds is 5. The molecule has 0 aliphatic carbocycles. The van der Waals surface area contributed by atoms with Gasteiger partial charge < -0.3 is 15.4 Å². The SMILES string of the molecule is CCC(CC)(CO)NC(=O)c1ccc[nH]c1=O. The van der Waals surface area contributed by atoms with Crippen molar-refractivity contribution in [2.75, 3.05) is 6.61 Å². The van der Waals surface area contributed by atoms with Crippen LogP contribution < -0.4 is 10.9 Å². The highest BCUT2D eigenvalue weighted by Gasteiger charge is 2.28. The third kappa shape index (κ3) is 2.94. The van der Waals surface area contributed by atoms with Crippen LogP contribution in [0, 0.1) is 0 Å². The molecule has 0 saturated heterocycles. The fourth-order valence-corrected chi connectivity index (χ4v) is 1.60. The molecule has 0 spiro atoms. The lowest BCUT2D eigenvalue weighted by Crippen LogP contribution is -2.51. The molecule has 1 amide bonds. The van der Waals surface area contributed by atoms with Crippen molar-refractivity contribution in [1.29, 1.82) is 0 Å². The van der Waals surface area contributed by atoms with Gasteiger partial charge in [-0.15, -0.1) is 0 Å². The Morgan fingerprint density at radius 3 is 2.59 bits per heavy atom.